The summed E-state index contributed by atoms with van der Waals surface area (Å²) in [6.07, 6.45) is 4.14. The third-order valence-corrected chi connectivity index (χ3v) is 2.57. The molecule has 5 nitrogen and oxygen atoms in total. The molecule has 2 aromatic rings. The van der Waals surface area contributed by atoms with Gasteiger partial charge in [0.15, 0.2) is 5.82 Å². The Morgan fingerprint density at radius 3 is 2.88 bits per heavy atom. The maximum absolute atomic E-state index is 5.94. The summed E-state index contributed by atoms with van der Waals surface area (Å²) in [5, 5.41) is 3.92. The monoisotopic (exact) mass is 232 g/mol. The van der Waals surface area contributed by atoms with Crippen molar-refractivity contribution in [2.24, 2.45) is 11.7 Å². The van der Waals surface area contributed by atoms with Crippen LogP contribution >= 0.6 is 0 Å². The highest BCUT2D eigenvalue weighted by atomic mass is 16.5. The summed E-state index contributed by atoms with van der Waals surface area (Å²) in [6.45, 7) is 4.05. The molecule has 2 heterocycles. The summed E-state index contributed by atoms with van der Waals surface area (Å²) in [7, 11) is 0. The highest BCUT2D eigenvalue weighted by Crippen LogP contribution is 2.17. The molecule has 0 aromatic carbocycles. The van der Waals surface area contributed by atoms with Crippen molar-refractivity contribution in [3.05, 3.63) is 41.8 Å². The molecule has 5 heteroatoms. The Balaban J connectivity index is 2.09. The molecule has 2 rings (SSSR count). The van der Waals surface area contributed by atoms with E-state index in [4.69, 9.17) is 10.3 Å². The van der Waals surface area contributed by atoms with Gasteiger partial charge in [0.1, 0.15) is 0 Å². The number of nitrogens with two attached hydrogens (primary N) is 1. The van der Waals surface area contributed by atoms with Crippen LogP contribution in [0.1, 0.15) is 37.2 Å². The molecule has 2 N–H and O–H groups in total. The molecule has 2 aromatic heterocycles. The van der Waals surface area contributed by atoms with Gasteiger partial charge in [-0.25, -0.2) is 0 Å². The van der Waals surface area contributed by atoms with Crippen molar-refractivity contribution in [1.82, 2.24) is 15.1 Å². The summed E-state index contributed by atoms with van der Waals surface area (Å²) in [4.78, 5) is 8.34. The van der Waals surface area contributed by atoms with E-state index >= 15 is 0 Å². The predicted molar refractivity (Wildman–Crippen MR) is 63.1 cm³/mol. The Morgan fingerprint density at radius 2 is 2.24 bits per heavy atom. The quantitative estimate of drug-likeness (QED) is 0.868. The van der Waals surface area contributed by atoms with Gasteiger partial charge < -0.3 is 10.3 Å². The van der Waals surface area contributed by atoms with Crippen molar-refractivity contribution in [3.8, 4) is 0 Å². The summed E-state index contributed by atoms with van der Waals surface area (Å²) in [5.74, 6) is 1.42. The van der Waals surface area contributed by atoms with E-state index in [1.54, 1.807) is 12.4 Å². The molecule has 0 spiro atoms. The van der Waals surface area contributed by atoms with Crippen LogP contribution in [0.25, 0.3) is 0 Å². The van der Waals surface area contributed by atoms with Crippen LogP contribution in [0.5, 0.6) is 0 Å². The van der Waals surface area contributed by atoms with Crippen molar-refractivity contribution in [2.45, 2.75) is 26.3 Å². The highest BCUT2D eigenvalue weighted by molar-refractivity contribution is 5.13. The number of hydrogen-bond acceptors (Lipinski definition) is 5. The molecular formula is C12H16N4O. The van der Waals surface area contributed by atoms with Crippen molar-refractivity contribution in [1.29, 1.82) is 0 Å². The third kappa shape index (κ3) is 2.88. The first-order valence-corrected chi connectivity index (χ1v) is 5.64. The van der Waals surface area contributed by atoms with Crippen molar-refractivity contribution < 1.29 is 4.52 Å². The molecule has 0 saturated carbocycles. The fraction of sp³-hybridized carbons (Fsp3) is 0.417. The van der Waals surface area contributed by atoms with E-state index in [0.717, 1.165) is 5.56 Å². The van der Waals surface area contributed by atoms with Crippen LogP contribution in [-0.4, -0.2) is 15.1 Å². The second-order valence-electron chi connectivity index (χ2n) is 4.36. The molecule has 0 aliphatic rings. The zero-order valence-electron chi connectivity index (χ0n) is 10.00. The number of rotatable bonds is 4. The Hall–Kier alpha value is -1.75. The fourth-order valence-corrected chi connectivity index (χ4v) is 1.45. The number of pyridine rings is 1. The lowest BCUT2D eigenvalue weighted by molar-refractivity contribution is 0.322. The van der Waals surface area contributed by atoms with Gasteiger partial charge in [0.2, 0.25) is 5.89 Å². The molecule has 0 bridgehead atoms. The first-order chi connectivity index (χ1) is 8.16. The van der Waals surface area contributed by atoms with Crippen LogP contribution in [0.15, 0.2) is 29.0 Å². The van der Waals surface area contributed by atoms with Crippen molar-refractivity contribution in [2.75, 3.05) is 0 Å². The first kappa shape index (κ1) is 11.7. The van der Waals surface area contributed by atoms with Crippen LogP contribution in [0.2, 0.25) is 0 Å². The lowest BCUT2D eigenvalue weighted by atomic mass is 10.1. The van der Waals surface area contributed by atoms with E-state index < -0.39 is 0 Å². The molecule has 0 radical (unpaired) electrons. The van der Waals surface area contributed by atoms with Gasteiger partial charge >= 0.3 is 0 Å². The molecule has 0 fully saturated rings. The summed E-state index contributed by atoms with van der Waals surface area (Å²) in [6, 6.07) is 3.66. The average Bonchev–Trinajstić information content (AvgIpc) is 2.77. The molecule has 0 aliphatic heterocycles. The molecular weight excluding hydrogens is 216 g/mol. The molecule has 0 amide bonds. The van der Waals surface area contributed by atoms with Gasteiger partial charge in [-0.15, -0.1) is 0 Å². The van der Waals surface area contributed by atoms with Crippen LogP contribution < -0.4 is 5.73 Å². The van der Waals surface area contributed by atoms with Gasteiger partial charge in [-0.1, -0.05) is 25.1 Å². The van der Waals surface area contributed by atoms with Crippen LogP contribution in [0.3, 0.4) is 0 Å². The number of nitrogens with zero attached hydrogens (tertiary/aromatic N) is 3. The molecule has 17 heavy (non-hydrogen) atoms. The Bertz CT molecular complexity index is 466. The highest BCUT2D eigenvalue weighted by Gasteiger charge is 2.17. The van der Waals surface area contributed by atoms with Crippen LogP contribution in [0, 0.1) is 5.92 Å². The van der Waals surface area contributed by atoms with E-state index in [1.165, 1.54) is 0 Å². The predicted octanol–water partition coefficient (Wildman–Crippen LogP) is 1.71. The van der Waals surface area contributed by atoms with Gasteiger partial charge in [0.25, 0.3) is 0 Å². The van der Waals surface area contributed by atoms with Gasteiger partial charge in [-0.3, -0.25) is 4.98 Å². The Labute approximate surface area is 100 Å². The summed E-state index contributed by atoms with van der Waals surface area (Å²) < 4.78 is 5.15. The Morgan fingerprint density at radius 1 is 1.41 bits per heavy atom. The standard InChI is InChI=1S/C12H16N4O/c1-8(2)11(13)12-15-10(16-17-12)6-9-4-3-5-14-7-9/h3-5,7-8,11H,6,13H2,1-2H3. The van der Waals surface area contributed by atoms with Crippen molar-refractivity contribution in [3.63, 3.8) is 0 Å². The minimum absolute atomic E-state index is 0.204. The lowest BCUT2D eigenvalue weighted by Crippen LogP contribution is -2.17. The largest absolute Gasteiger partial charge is 0.338 e. The lowest BCUT2D eigenvalue weighted by Gasteiger charge is -2.09. The van der Waals surface area contributed by atoms with Gasteiger partial charge in [0.05, 0.1) is 6.04 Å². The summed E-state index contributed by atoms with van der Waals surface area (Å²) >= 11 is 0. The minimum Gasteiger partial charge on any atom is -0.338 e. The number of aromatic nitrogens is 3. The second-order valence-corrected chi connectivity index (χ2v) is 4.36. The van der Waals surface area contributed by atoms with Gasteiger partial charge in [-0.2, -0.15) is 4.98 Å². The molecule has 90 valence electrons. The van der Waals surface area contributed by atoms with Crippen molar-refractivity contribution >= 4 is 0 Å². The summed E-state index contributed by atoms with van der Waals surface area (Å²) in [5.41, 5.74) is 6.99. The minimum atomic E-state index is -0.204. The normalized spacial score (nSPS) is 12.9. The maximum atomic E-state index is 5.94. The van der Waals surface area contributed by atoms with Gasteiger partial charge in [0, 0.05) is 18.8 Å². The third-order valence-electron chi connectivity index (χ3n) is 2.57. The van der Waals surface area contributed by atoms with Crippen LogP contribution in [-0.2, 0) is 6.42 Å². The smallest absolute Gasteiger partial charge is 0.243 e. The fourth-order valence-electron chi connectivity index (χ4n) is 1.45. The second kappa shape index (κ2) is 5.05. The maximum Gasteiger partial charge on any atom is 0.243 e. The van der Waals surface area contributed by atoms with E-state index in [2.05, 4.69) is 15.1 Å². The average molecular weight is 232 g/mol. The number of hydrogen-bond donors (Lipinski definition) is 1. The molecule has 1 unspecified atom stereocenters. The zero-order valence-corrected chi connectivity index (χ0v) is 10.00. The zero-order chi connectivity index (χ0) is 12.3. The van der Waals surface area contributed by atoms with E-state index in [9.17, 15) is 0 Å². The van der Waals surface area contributed by atoms with E-state index in [1.807, 2.05) is 26.0 Å². The Kier molecular flexibility index (Phi) is 3.49. The first-order valence-electron chi connectivity index (χ1n) is 5.64. The molecule has 1 atom stereocenters. The SMILES string of the molecule is CC(C)C(N)c1nc(Cc2cccnc2)no1. The topological polar surface area (TPSA) is 77.8 Å². The van der Waals surface area contributed by atoms with Crippen LogP contribution in [0.4, 0.5) is 0 Å². The molecule has 0 aliphatic carbocycles. The van der Waals surface area contributed by atoms with E-state index in [-0.39, 0.29) is 12.0 Å². The van der Waals surface area contributed by atoms with E-state index in [0.29, 0.717) is 18.1 Å². The molecule has 0 saturated heterocycles. The van der Waals surface area contributed by atoms with Gasteiger partial charge in [-0.05, 0) is 17.5 Å².